The Bertz CT molecular complexity index is 499. The van der Waals surface area contributed by atoms with Crippen LogP contribution in [0.5, 0.6) is 0 Å². The molecule has 0 amide bonds. The maximum Gasteiger partial charge on any atom is 0.138 e. The number of fused-ring (bicyclic) bond motifs is 1. The zero-order valence-corrected chi connectivity index (χ0v) is 9.66. The molecule has 0 bridgehead atoms. The van der Waals surface area contributed by atoms with Crippen LogP contribution < -0.4 is 0 Å². The van der Waals surface area contributed by atoms with Crippen molar-refractivity contribution in [3.8, 4) is 9.88 Å². The smallest absolute Gasteiger partial charge is 0.138 e. The predicted octanol–water partition coefficient (Wildman–Crippen LogP) is 2.93. The van der Waals surface area contributed by atoms with Crippen LogP contribution >= 0.6 is 22.7 Å². The quantitative estimate of drug-likeness (QED) is 0.760. The molecule has 0 saturated heterocycles. The van der Waals surface area contributed by atoms with E-state index in [0.29, 0.717) is 18.6 Å². The van der Waals surface area contributed by atoms with Crippen LogP contribution in [0.3, 0.4) is 0 Å². The Morgan fingerprint density at radius 3 is 3.07 bits per heavy atom. The minimum Gasteiger partial charge on any atom is -0.299 e. The third-order valence-electron chi connectivity index (χ3n) is 2.51. The molecule has 0 aliphatic heterocycles. The van der Waals surface area contributed by atoms with E-state index in [2.05, 4.69) is 16.4 Å². The van der Waals surface area contributed by atoms with Crippen molar-refractivity contribution in [1.29, 1.82) is 0 Å². The lowest BCUT2D eigenvalue weighted by Gasteiger charge is -2.06. The Morgan fingerprint density at radius 2 is 2.27 bits per heavy atom. The molecule has 0 radical (unpaired) electrons. The van der Waals surface area contributed by atoms with Gasteiger partial charge in [-0.3, -0.25) is 4.79 Å². The van der Waals surface area contributed by atoms with Crippen LogP contribution in [0.15, 0.2) is 17.5 Å². The number of aryl methyl sites for hydroxylation is 1. The van der Waals surface area contributed by atoms with E-state index in [-0.39, 0.29) is 0 Å². The molecule has 1 aliphatic carbocycles. The first kappa shape index (κ1) is 9.24. The Hall–Kier alpha value is -1.00. The number of aromatic nitrogens is 1. The second kappa shape index (κ2) is 3.54. The number of hydrogen-bond acceptors (Lipinski definition) is 4. The molecule has 15 heavy (non-hydrogen) atoms. The lowest BCUT2D eigenvalue weighted by molar-refractivity contribution is -0.118. The van der Waals surface area contributed by atoms with Crippen LogP contribution in [0.1, 0.15) is 17.0 Å². The number of thiophene rings is 1. The van der Waals surface area contributed by atoms with Crippen LogP contribution in [0.2, 0.25) is 0 Å². The van der Waals surface area contributed by atoms with Gasteiger partial charge >= 0.3 is 0 Å². The highest BCUT2D eigenvalue weighted by Gasteiger charge is 2.20. The lowest BCUT2D eigenvalue weighted by atomic mass is 10.0. The molecule has 4 heteroatoms. The molecular formula is C11H9NOS2. The Balaban J connectivity index is 2.03. The number of Topliss-reactive ketones (excluding diaryl/α,β-unsaturated/α-hetero) is 1. The number of hydrogen-bond donors (Lipinski definition) is 0. The molecule has 1 aliphatic rings. The number of thiazole rings is 1. The van der Waals surface area contributed by atoms with Crippen molar-refractivity contribution in [3.63, 3.8) is 0 Å². The standard InChI is InChI=1S/C11H9NOS2/c13-7-3-4-8-10(6-7)15-11(12-8)9-2-1-5-14-9/h1-2,5H,3-4,6H2. The fraction of sp³-hybridized carbons (Fsp3) is 0.273. The summed E-state index contributed by atoms with van der Waals surface area (Å²) in [7, 11) is 0. The normalized spacial score (nSPS) is 15.3. The van der Waals surface area contributed by atoms with E-state index >= 15 is 0 Å². The summed E-state index contributed by atoms with van der Waals surface area (Å²) in [5.74, 6) is 0.351. The van der Waals surface area contributed by atoms with Crippen molar-refractivity contribution in [1.82, 2.24) is 4.98 Å². The monoisotopic (exact) mass is 235 g/mol. The average molecular weight is 235 g/mol. The van der Waals surface area contributed by atoms with Crippen LogP contribution in [0.25, 0.3) is 9.88 Å². The Labute approximate surface area is 95.6 Å². The third kappa shape index (κ3) is 1.64. The summed E-state index contributed by atoms with van der Waals surface area (Å²) in [6, 6.07) is 4.11. The summed E-state index contributed by atoms with van der Waals surface area (Å²) in [4.78, 5) is 18.3. The van der Waals surface area contributed by atoms with Gasteiger partial charge in [-0.05, 0) is 17.9 Å². The minimum absolute atomic E-state index is 0.351. The van der Waals surface area contributed by atoms with Crippen molar-refractivity contribution in [2.75, 3.05) is 0 Å². The predicted molar refractivity (Wildman–Crippen MR) is 62.5 cm³/mol. The van der Waals surface area contributed by atoms with E-state index < -0.39 is 0 Å². The maximum atomic E-state index is 11.3. The summed E-state index contributed by atoms with van der Waals surface area (Å²) >= 11 is 3.38. The van der Waals surface area contributed by atoms with Crippen molar-refractivity contribution < 1.29 is 4.79 Å². The summed E-state index contributed by atoms with van der Waals surface area (Å²) in [5, 5.41) is 3.13. The van der Waals surface area contributed by atoms with Gasteiger partial charge in [-0.2, -0.15) is 0 Å². The van der Waals surface area contributed by atoms with Crippen LogP contribution in [-0.4, -0.2) is 10.8 Å². The van der Waals surface area contributed by atoms with Crippen molar-refractivity contribution in [3.05, 3.63) is 28.1 Å². The largest absolute Gasteiger partial charge is 0.299 e. The first-order chi connectivity index (χ1) is 7.33. The maximum absolute atomic E-state index is 11.3. The number of rotatable bonds is 1. The molecule has 0 fully saturated rings. The number of ketones is 1. The third-order valence-corrected chi connectivity index (χ3v) is 4.65. The summed E-state index contributed by atoms with van der Waals surface area (Å²) < 4.78 is 0. The van der Waals surface area contributed by atoms with E-state index in [9.17, 15) is 4.79 Å². The number of carbonyl (C=O) groups excluding carboxylic acids is 1. The van der Waals surface area contributed by atoms with Gasteiger partial charge in [0.15, 0.2) is 0 Å². The van der Waals surface area contributed by atoms with Crippen molar-refractivity contribution in [2.45, 2.75) is 19.3 Å². The van der Waals surface area contributed by atoms with Crippen molar-refractivity contribution >= 4 is 28.5 Å². The minimum atomic E-state index is 0.351. The van der Waals surface area contributed by atoms with E-state index in [1.807, 2.05) is 6.07 Å². The zero-order chi connectivity index (χ0) is 10.3. The van der Waals surface area contributed by atoms with Gasteiger partial charge in [0.2, 0.25) is 0 Å². The molecule has 0 atom stereocenters. The highest BCUT2D eigenvalue weighted by Crippen LogP contribution is 2.33. The molecule has 3 rings (SSSR count). The molecule has 0 spiro atoms. The first-order valence-corrected chi connectivity index (χ1v) is 6.57. The van der Waals surface area contributed by atoms with E-state index in [1.165, 1.54) is 9.75 Å². The zero-order valence-electron chi connectivity index (χ0n) is 8.03. The van der Waals surface area contributed by atoms with Crippen LogP contribution in [-0.2, 0) is 17.6 Å². The van der Waals surface area contributed by atoms with E-state index in [1.54, 1.807) is 22.7 Å². The average Bonchev–Trinajstić information content (AvgIpc) is 2.84. The number of carbonyl (C=O) groups is 1. The van der Waals surface area contributed by atoms with Crippen LogP contribution in [0, 0.1) is 0 Å². The molecule has 2 aromatic rings. The van der Waals surface area contributed by atoms with E-state index in [0.717, 1.165) is 17.1 Å². The Morgan fingerprint density at radius 1 is 1.33 bits per heavy atom. The second-order valence-corrected chi connectivity index (χ2v) is 5.61. The molecule has 0 N–H and O–H groups in total. The molecule has 2 nitrogen and oxygen atoms in total. The fourth-order valence-corrected chi connectivity index (χ4v) is 3.68. The van der Waals surface area contributed by atoms with Gasteiger partial charge in [0.1, 0.15) is 10.8 Å². The highest BCUT2D eigenvalue weighted by atomic mass is 32.1. The molecule has 2 aromatic heterocycles. The molecular weight excluding hydrogens is 226 g/mol. The lowest BCUT2D eigenvalue weighted by Crippen LogP contribution is -2.11. The SMILES string of the molecule is O=C1CCc2nc(-c3cccs3)sc2C1. The van der Waals surface area contributed by atoms with Gasteiger partial charge in [-0.1, -0.05) is 6.07 Å². The molecule has 2 heterocycles. The molecule has 0 unspecified atom stereocenters. The molecule has 0 saturated carbocycles. The van der Waals surface area contributed by atoms with Gasteiger partial charge in [0.05, 0.1) is 10.6 Å². The topological polar surface area (TPSA) is 30.0 Å². The van der Waals surface area contributed by atoms with Gasteiger partial charge < -0.3 is 0 Å². The molecule has 0 aromatic carbocycles. The summed E-state index contributed by atoms with van der Waals surface area (Å²) in [6.45, 7) is 0. The first-order valence-electron chi connectivity index (χ1n) is 4.87. The van der Waals surface area contributed by atoms with Gasteiger partial charge in [-0.15, -0.1) is 22.7 Å². The fourth-order valence-electron chi connectivity index (χ4n) is 1.75. The Kier molecular flexibility index (Phi) is 2.18. The van der Waals surface area contributed by atoms with Gasteiger partial charge in [0.25, 0.3) is 0 Å². The van der Waals surface area contributed by atoms with Gasteiger partial charge in [-0.25, -0.2) is 4.98 Å². The highest BCUT2D eigenvalue weighted by molar-refractivity contribution is 7.21. The summed E-state index contributed by atoms with van der Waals surface area (Å²) in [6.07, 6.45) is 2.09. The molecule has 76 valence electrons. The van der Waals surface area contributed by atoms with Gasteiger partial charge in [0, 0.05) is 17.7 Å². The number of nitrogens with zero attached hydrogens (tertiary/aromatic N) is 1. The summed E-state index contributed by atoms with van der Waals surface area (Å²) in [5.41, 5.74) is 1.14. The van der Waals surface area contributed by atoms with Crippen LogP contribution in [0.4, 0.5) is 0 Å². The second-order valence-electron chi connectivity index (χ2n) is 3.58. The van der Waals surface area contributed by atoms with Crippen molar-refractivity contribution in [2.24, 2.45) is 0 Å². The van der Waals surface area contributed by atoms with E-state index in [4.69, 9.17) is 0 Å².